The first kappa shape index (κ1) is 39.4. The summed E-state index contributed by atoms with van der Waals surface area (Å²) in [6.07, 6.45) is 9.95. The van der Waals surface area contributed by atoms with Crippen LogP contribution in [0.4, 0.5) is 0 Å². The first-order chi connectivity index (χ1) is 20.4. The van der Waals surface area contributed by atoms with Crippen LogP contribution >= 0.6 is 47.2 Å². The second-order valence-electron chi connectivity index (χ2n) is 16.8. The molecule has 0 spiro atoms. The van der Waals surface area contributed by atoms with Gasteiger partial charge in [0, 0.05) is 43.2 Å². The van der Waals surface area contributed by atoms with Crippen molar-refractivity contribution < 1.29 is 19.8 Å². The molecule has 9 unspecified atom stereocenters. The van der Waals surface area contributed by atoms with Gasteiger partial charge in [-0.2, -0.15) is 0 Å². The Morgan fingerprint density at radius 2 is 1.42 bits per heavy atom. The number of halogens is 4. The number of carboxylic acids is 1. The number of nitrogens with zero attached hydrogens (tertiary/aromatic N) is 1. The van der Waals surface area contributed by atoms with Crippen molar-refractivity contribution in [1.29, 1.82) is 0 Å². The number of carbonyl (C=O) groups is 2. The number of hydrogen-bond acceptors (Lipinski definition) is 4. The van der Waals surface area contributed by atoms with E-state index in [0.29, 0.717) is 30.0 Å². The molecule has 5 nitrogen and oxygen atoms in total. The van der Waals surface area contributed by atoms with Gasteiger partial charge in [0.25, 0.3) is 0 Å². The maximum Gasteiger partial charge on any atom is 0.309 e. The van der Waals surface area contributed by atoms with Gasteiger partial charge in [-0.3, -0.25) is 14.5 Å². The highest BCUT2D eigenvalue weighted by Gasteiger charge is 2.70. The van der Waals surface area contributed by atoms with E-state index in [2.05, 4.69) is 46.4 Å². The summed E-state index contributed by atoms with van der Waals surface area (Å²) < 4.78 is 0. The summed E-state index contributed by atoms with van der Waals surface area (Å²) in [4.78, 5) is 28.6. The Kier molecular flexibility index (Phi) is 12.3. The minimum Gasteiger partial charge on any atom is -0.481 e. The standard InChI is InChI=1S/C30H46O4.C6H12Cl3N.ClH/c1-25(2)21-8-11-30(7)23(28(21,5)10-9-22(25)32)20(31)16-18-19-17-27(4,24(33)34)13-12-26(19,3)14-15-29(18,30)6;7-1-4-10(5-2-8)6-3-9;/h16,19,21-23,32H,8-15,17H2,1-7H3,(H,33,34);1-6H2;1H. The van der Waals surface area contributed by atoms with Gasteiger partial charge in [0.15, 0.2) is 5.78 Å². The molecule has 5 aliphatic carbocycles. The minimum absolute atomic E-state index is 0. The Morgan fingerprint density at radius 3 is 1.96 bits per heavy atom. The van der Waals surface area contributed by atoms with Crippen LogP contribution in [0.25, 0.3) is 0 Å². The predicted octanol–water partition coefficient (Wildman–Crippen LogP) is 8.84. The van der Waals surface area contributed by atoms with Crippen molar-refractivity contribution in [2.24, 2.45) is 50.2 Å². The molecule has 0 heterocycles. The molecule has 0 saturated heterocycles. The van der Waals surface area contributed by atoms with Crippen LogP contribution in [0.1, 0.15) is 106 Å². The van der Waals surface area contributed by atoms with E-state index < -0.39 is 11.4 Å². The molecule has 0 aromatic carbocycles. The van der Waals surface area contributed by atoms with E-state index in [0.717, 1.165) is 71.0 Å². The van der Waals surface area contributed by atoms with Crippen LogP contribution in [0.15, 0.2) is 11.6 Å². The highest BCUT2D eigenvalue weighted by Crippen LogP contribution is 2.75. The number of alkyl halides is 3. The maximum absolute atomic E-state index is 14.2. The van der Waals surface area contributed by atoms with Crippen molar-refractivity contribution in [2.75, 3.05) is 37.3 Å². The third-order valence-electron chi connectivity index (χ3n) is 14.3. The fraction of sp³-hybridized carbons (Fsp3) is 0.889. The molecule has 0 aromatic heterocycles. The lowest BCUT2D eigenvalue weighted by Crippen LogP contribution is -2.66. The molecule has 0 aliphatic heterocycles. The molecule has 9 heteroatoms. The molecular formula is C36H59Cl4NO4. The normalized spacial score (nSPS) is 43.3. The molecule has 5 rings (SSSR count). The summed E-state index contributed by atoms with van der Waals surface area (Å²) >= 11 is 16.6. The molecule has 4 fully saturated rings. The molecule has 9 atom stereocenters. The third kappa shape index (κ3) is 6.52. The number of rotatable bonds is 7. The van der Waals surface area contributed by atoms with Gasteiger partial charge in [0.2, 0.25) is 0 Å². The van der Waals surface area contributed by atoms with Gasteiger partial charge < -0.3 is 10.2 Å². The van der Waals surface area contributed by atoms with Crippen molar-refractivity contribution in [3.8, 4) is 0 Å². The van der Waals surface area contributed by atoms with E-state index in [1.807, 2.05) is 13.0 Å². The molecule has 45 heavy (non-hydrogen) atoms. The topological polar surface area (TPSA) is 77.8 Å². The second kappa shape index (κ2) is 14.1. The van der Waals surface area contributed by atoms with Gasteiger partial charge in [-0.1, -0.05) is 47.1 Å². The monoisotopic (exact) mass is 709 g/mol. The van der Waals surface area contributed by atoms with Crippen molar-refractivity contribution in [3.05, 3.63) is 11.6 Å². The molecule has 2 N–H and O–H groups in total. The van der Waals surface area contributed by atoms with E-state index in [1.165, 1.54) is 5.57 Å². The van der Waals surface area contributed by atoms with Gasteiger partial charge >= 0.3 is 5.97 Å². The zero-order chi connectivity index (χ0) is 32.9. The predicted molar refractivity (Wildman–Crippen MR) is 189 cm³/mol. The molecule has 260 valence electrons. The van der Waals surface area contributed by atoms with E-state index >= 15 is 0 Å². The smallest absolute Gasteiger partial charge is 0.309 e. The largest absolute Gasteiger partial charge is 0.481 e. The molecular weight excluding hydrogens is 652 g/mol. The number of aliphatic hydroxyl groups is 1. The Balaban J connectivity index is 0.000000436. The first-order valence-corrected chi connectivity index (χ1v) is 18.6. The zero-order valence-corrected chi connectivity index (χ0v) is 31.8. The van der Waals surface area contributed by atoms with Crippen LogP contribution < -0.4 is 0 Å². The van der Waals surface area contributed by atoms with Crippen LogP contribution in [0.5, 0.6) is 0 Å². The Bertz CT molecular complexity index is 1120. The van der Waals surface area contributed by atoms with Crippen LogP contribution in [-0.4, -0.2) is 70.2 Å². The second-order valence-corrected chi connectivity index (χ2v) is 18.0. The third-order valence-corrected chi connectivity index (χ3v) is 14.8. The Morgan fingerprint density at radius 1 is 0.867 bits per heavy atom. The minimum atomic E-state index is -0.711. The molecule has 0 aromatic rings. The molecule has 0 radical (unpaired) electrons. The number of carboxylic acid groups (broad SMARTS) is 1. The van der Waals surface area contributed by atoms with Gasteiger partial charge in [0.05, 0.1) is 11.5 Å². The Hall–Kier alpha value is -0.0400. The van der Waals surface area contributed by atoms with Crippen LogP contribution in [-0.2, 0) is 9.59 Å². The first-order valence-electron chi connectivity index (χ1n) is 17.0. The highest BCUT2D eigenvalue weighted by atomic mass is 35.5. The van der Waals surface area contributed by atoms with Crippen molar-refractivity contribution in [3.63, 3.8) is 0 Å². The van der Waals surface area contributed by atoms with Crippen LogP contribution in [0.3, 0.4) is 0 Å². The summed E-state index contributed by atoms with van der Waals surface area (Å²) in [6.45, 7) is 18.5. The average Bonchev–Trinajstić information content (AvgIpc) is 2.94. The lowest BCUT2D eigenvalue weighted by molar-refractivity contribution is -0.202. The van der Waals surface area contributed by atoms with Crippen LogP contribution in [0, 0.1) is 50.2 Å². The Labute approximate surface area is 294 Å². The highest BCUT2D eigenvalue weighted by molar-refractivity contribution is 6.18. The number of ketones is 1. The average molecular weight is 712 g/mol. The lowest BCUT2D eigenvalue weighted by Gasteiger charge is -2.70. The van der Waals surface area contributed by atoms with E-state index in [4.69, 9.17) is 34.8 Å². The maximum atomic E-state index is 14.2. The van der Waals surface area contributed by atoms with Crippen molar-refractivity contribution >= 4 is 59.0 Å². The number of aliphatic carboxylic acids is 1. The molecule has 0 amide bonds. The fourth-order valence-corrected chi connectivity index (χ4v) is 11.8. The molecule has 5 aliphatic rings. The summed E-state index contributed by atoms with van der Waals surface area (Å²) in [7, 11) is 0. The number of allylic oxidation sites excluding steroid dienone is 2. The summed E-state index contributed by atoms with van der Waals surface area (Å²) in [5, 5.41) is 20.9. The van der Waals surface area contributed by atoms with E-state index in [9.17, 15) is 19.8 Å². The molecule has 0 bridgehead atoms. The van der Waals surface area contributed by atoms with E-state index in [1.54, 1.807) is 0 Å². The van der Waals surface area contributed by atoms with Gasteiger partial charge in [-0.05, 0) is 110 Å². The van der Waals surface area contributed by atoms with Crippen molar-refractivity contribution in [1.82, 2.24) is 4.90 Å². The van der Waals surface area contributed by atoms with E-state index in [-0.39, 0.29) is 63.2 Å². The van der Waals surface area contributed by atoms with Gasteiger partial charge in [0.1, 0.15) is 0 Å². The SMILES string of the molecule is CC1(C(=O)O)CCC2(C)CCC3(C)C(=CC(=O)C4C5(C)CCC(O)C(C)(C)C5CCC43C)C2C1.Cl.ClCCN(CCCl)CCCl. The summed E-state index contributed by atoms with van der Waals surface area (Å²) in [5.74, 6) is 2.00. The molecule has 4 saturated carbocycles. The summed E-state index contributed by atoms with van der Waals surface area (Å²) in [6, 6.07) is 0. The fourth-order valence-electron chi connectivity index (χ4n) is 11.1. The lowest BCUT2D eigenvalue weighted by atomic mass is 9.33. The number of fused-ring (bicyclic) bond motifs is 7. The zero-order valence-electron chi connectivity index (χ0n) is 28.7. The summed E-state index contributed by atoms with van der Waals surface area (Å²) in [5.41, 5.74) is 0.142. The number of carbonyl (C=O) groups excluding carboxylic acids is 1. The number of aliphatic hydroxyl groups excluding tert-OH is 1. The number of hydrogen-bond donors (Lipinski definition) is 2. The van der Waals surface area contributed by atoms with Gasteiger partial charge in [-0.25, -0.2) is 0 Å². The van der Waals surface area contributed by atoms with Crippen molar-refractivity contribution in [2.45, 2.75) is 112 Å². The van der Waals surface area contributed by atoms with Crippen LogP contribution in [0.2, 0.25) is 0 Å². The quantitative estimate of drug-likeness (QED) is 0.258. The van der Waals surface area contributed by atoms with Gasteiger partial charge in [-0.15, -0.1) is 47.2 Å².